The lowest BCUT2D eigenvalue weighted by Gasteiger charge is -2.13. The SMILES string of the molecule is CCn1c(C(N)c2ccncc2)nc2ccccc21. The highest BCUT2D eigenvalue weighted by atomic mass is 15.1. The summed E-state index contributed by atoms with van der Waals surface area (Å²) in [5.41, 5.74) is 9.49. The number of imidazole rings is 1. The van der Waals surface area contributed by atoms with Crippen LogP contribution in [0.5, 0.6) is 0 Å². The second-order valence-electron chi connectivity index (χ2n) is 4.46. The summed E-state index contributed by atoms with van der Waals surface area (Å²) in [6, 6.07) is 11.8. The van der Waals surface area contributed by atoms with Crippen molar-refractivity contribution < 1.29 is 0 Å². The van der Waals surface area contributed by atoms with Gasteiger partial charge in [0.05, 0.1) is 17.1 Å². The molecule has 2 aromatic heterocycles. The molecule has 0 aliphatic rings. The molecular weight excluding hydrogens is 236 g/mol. The van der Waals surface area contributed by atoms with Gasteiger partial charge in [0, 0.05) is 18.9 Å². The first-order valence-electron chi connectivity index (χ1n) is 6.42. The first-order chi connectivity index (χ1) is 9.31. The molecule has 1 aromatic carbocycles. The highest BCUT2D eigenvalue weighted by Gasteiger charge is 2.17. The molecule has 4 nitrogen and oxygen atoms in total. The van der Waals surface area contributed by atoms with Crippen molar-refractivity contribution in [1.82, 2.24) is 14.5 Å². The van der Waals surface area contributed by atoms with Crippen LogP contribution >= 0.6 is 0 Å². The van der Waals surface area contributed by atoms with Crippen molar-refractivity contribution in [3.05, 3.63) is 60.2 Å². The maximum Gasteiger partial charge on any atom is 0.131 e. The molecule has 96 valence electrons. The Bertz CT molecular complexity index is 688. The third-order valence-corrected chi connectivity index (χ3v) is 3.34. The third kappa shape index (κ3) is 2.00. The minimum Gasteiger partial charge on any atom is -0.327 e. The van der Waals surface area contributed by atoms with Crippen molar-refractivity contribution in [2.45, 2.75) is 19.5 Å². The summed E-state index contributed by atoms with van der Waals surface area (Å²) < 4.78 is 2.17. The Balaban J connectivity index is 2.14. The molecule has 0 bridgehead atoms. The van der Waals surface area contributed by atoms with Gasteiger partial charge in [-0.15, -0.1) is 0 Å². The molecule has 2 N–H and O–H groups in total. The number of hydrogen-bond donors (Lipinski definition) is 1. The maximum atomic E-state index is 6.35. The van der Waals surface area contributed by atoms with Gasteiger partial charge >= 0.3 is 0 Å². The Morgan fingerprint density at radius 3 is 2.63 bits per heavy atom. The number of rotatable bonds is 3. The Kier molecular flexibility index (Phi) is 3.01. The average Bonchev–Trinajstić information content (AvgIpc) is 2.85. The van der Waals surface area contributed by atoms with E-state index in [0.29, 0.717) is 0 Å². The van der Waals surface area contributed by atoms with E-state index >= 15 is 0 Å². The predicted molar refractivity (Wildman–Crippen MR) is 75.7 cm³/mol. The summed E-state index contributed by atoms with van der Waals surface area (Å²) in [7, 11) is 0. The summed E-state index contributed by atoms with van der Waals surface area (Å²) in [6.07, 6.45) is 3.52. The van der Waals surface area contributed by atoms with Crippen LogP contribution in [0.25, 0.3) is 11.0 Å². The van der Waals surface area contributed by atoms with Gasteiger partial charge in [-0.05, 0) is 36.8 Å². The number of aryl methyl sites for hydroxylation is 1. The fourth-order valence-electron chi connectivity index (χ4n) is 2.38. The number of para-hydroxylation sites is 2. The molecule has 3 rings (SSSR count). The van der Waals surface area contributed by atoms with Crippen LogP contribution in [0.15, 0.2) is 48.8 Å². The van der Waals surface area contributed by atoms with Crippen LogP contribution in [0.2, 0.25) is 0 Å². The summed E-state index contributed by atoms with van der Waals surface area (Å²) in [5, 5.41) is 0. The molecule has 0 saturated carbocycles. The third-order valence-electron chi connectivity index (χ3n) is 3.34. The van der Waals surface area contributed by atoms with Gasteiger partial charge in [0.1, 0.15) is 5.82 Å². The van der Waals surface area contributed by atoms with Crippen molar-refractivity contribution in [3.8, 4) is 0 Å². The first-order valence-corrected chi connectivity index (χ1v) is 6.42. The van der Waals surface area contributed by atoms with Gasteiger partial charge in [-0.3, -0.25) is 4.98 Å². The fraction of sp³-hybridized carbons (Fsp3) is 0.200. The molecule has 0 spiro atoms. The van der Waals surface area contributed by atoms with Crippen molar-refractivity contribution in [2.24, 2.45) is 5.73 Å². The van der Waals surface area contributed by atoms with Crippen LogP contribution < -0.4 is 5.73 Å². The highest BCUT2D eigenvalue weighted by molar-refractivity contribution is 5.76. The molecule has 3 aromatic rings. The van der Waals surface area contributed by atoms with Gasteiger partial charge in [0.15, 0.2) is 0 Å². The van der Waals surface area contributed by atoms with E-state index in [1.54, 1.807) is 12.4 Å². The van der Waals surface area contributed by atoms with E-state index in [-0.39, 0.29) is 6.04 Å². The lowest BCUT2D eigenvalue weighted by Crippen LogP contribution is -2.17. The summed E-state index contributed by atoms with van der Waals surface area (Å²) in [6.45, 7) is 2.96. The van der Waals surface area contributed by atoms with Gasteiger partial charge in [-0.1, -0.05) is 12.1 Å². The van der Waals surface area contributed by atoms with Crippen molar-refractivity contribution >= 4 is 11.0 Å². The van der Waals surface area contributed by atoms with E-state index in [4.69, 9.17) is 5.73 Å². The van der Waals surface area contributed by atoms with Gasteiger partial charge < -0.3 is 10.3 Å². The highest BCUT2D eigenvalue weighted by Crippen LogP contribution is 2.23. The van der Waals surface area contributed by atoms with Gasteiger partial charge in [-0.25, -0.2) is 4.98 Å². The number of fused-ring (bicyclic) bond motifs is 1. The smallest absolute Gasteiger partial charge is 0.131 e. The number of hydrogen-bond acceptors (Lipinski definition) is 3. The Labute approximate surface area is 111 Å². The molecule has 0 amide bonds. The monoisotopic (exact) mass is 252 g/mol. The quantitative estimate of drug-likeness (QED) is 0.779. The zero-order chi connectivity index (χ0) is 13.2. The van der Waals surface area contributed by atoms with E-state index in [0.717, 1.165) is 29.0 Å². The van der Waals surface area contributed by atoms with Crippen LogP contribution in [-0.2, 0) is 6.54 Å². The van der Waals surface area contributed by atoms with E-state index in [1.807, 2.05) is 30.3 Å². The maximum absolute atomic E-state index is 6.35. The van der Waals surface area contributed by atoms with Crippen molar-refractivity contribution in [1.29, 1.82) is 0 Å². The molecule has 19 heavy (non-hydrogen) atoms. The minimum absolute atomic E-state index is 0.227. The zero-order valence-corrected chi connectivity index (χ0v) is 10.8. The number of nitrogens with zero attached hydrogens (tertiary/aromatic N) is 3. The summed E-state index contributed by atoms with van der Waals surface area (Å²) in [5.74, 6) is 0.898. The zero-order valence-electron chi connectivity index (χ0n) is 10.8. The largest absolute Gasteiger partial charge is 0.327 e. The molecule has 4 heteroatoms. The average molecular weight is 252 g/mol. The van der Waals surface area contributed by atoms with E-state index in [2.05, 4.69) is 27.5 Å². The molecule has 0 aliphatic carbocycles. The molecule has 0 radical (unpaired) electrons. The minimum atomic E-state index is -0.227. The molecular formula is C15H16N4. The summed E-state index contributed by atoms with van der Waals surface area (Å²) >= 11 is 0. The van der Waals surface area contributed by atoms with Crippen molar-refractivity contribution in [3.63, 3.8) is 0 Å². The Hall–Kier alpha value is -2.20. The van der Waals surface area contributed by atoms with Crippen LogP contribution in [0, 0.1) is 0 Å². The second kappa shape index (κ2) is 4.82. The standard InChI is InChI=1S/C15H16N4/c1-2-19-13-6-4-3-5-12(13)18-15(19)14(16)11-7-9-17-10-8-11/h3-10,14H,2,16H2,1H3. The van der Waals surface area contributed by atoms with Crippen LogP contribution in [0.1, 0.15) is 24.4 Å². The van der Waals surface area contributed by atoms with Gasteiger partial charge in [0.25, 0.3) is 0 Å². The van der Waals surface area contributed by atoms with Gasteiger partial charge in [-0.2, -0.15) is 0 Å². The lowest BCUT2D eigenvalue weighted by atomic mass is 10.1. The van der Waals surface area contributed by atoms with E-state index < -0.39 is 0 Å². The number of pyridine rings is 1. The molecule has 1 atom stereocenters. The molecule has 0 aliphatic heterocycles. The molecule has 0 saturated heterocycles. The normalized spacial score (nSPS) is 12.7. The first kappa shape index (κ1) is 11.9. The van der Waals surface area contributed by atoms with E-state index in [1.165, 1.54) is 0 Å². The van der Waals surface area contributed by atoms with Crippen molar-refractivity contribution in [2.75, 3.05) is 0 Å². The number of aromatic nitrogens is 3. The van der Waals surface area contributed by atoms with Gasteiger partial charge in [0.2, 0.25) is 0 Å². The number of benzene rings is 1. The van der Waals surface area contributed by atoms with Crippen LogP contribution in [0.4, 0.5) is 0 Å². The number of nitrogens with two attached hydrogens (primary N) is 1. The van der Waals surface area contributed by atoms with E-state index in [9.17, 15) is 0 Å². The molecule has 0 fully saturated rings. The summed E-state index contributed by atoms with van der Waals surface area (Å²) in [4.78, 5) is 8.70. The predicted octanol–water partition coefficient (Wildman–Crippen LogP) is 2.50. The van der Waals surface area contributed by atoms with Crippen LogP contribution in [0.3, 0.4) is 0 Å². The van der Waals surface area contributed by atoms with Crippen LogP contribution in [-0.4, -0.2) is 14.5 Å². The Morgan fingerprint density at radius 2 is 1.89 bits per heavy atom. The lowest BCUT2D eigenvalue weighted by molar-refractivity contribution is 0.671. The fourth-order valence-corrected chi connectivity index (χ4v) is 2.38. The molecule has 2 heterocycles. The second-order valence-corrected chi connectivity index (χ2v) is 4.46. The topological polar surface area (TPSA) is 56.7 Å². The molecule has 1 unspecified atom stereocenters. The Morgan fingerprint density at radius 1 is 1.16 bits per heavy atom.